The predicted molar refractivity (Wildman–Crippen MR) is 105 cm³/mol. The van der Waals surface area contributed by atoms with Gasteiger partial charge in [0.2, 0.25) is 0 Å². The smallest absolute Gasteiger partial charge is 0.191 e. The number of halogens is 1. The van der Waals surface area contributed by atoms with Crippen LogP contribution in [-0.2, 0) is 4.74 Å². The summed E-state index contributed by atoms with van der Waals surface area (Å²) >= 11 is 0. The van der Waals surface area contributed by atoms with Crippen molar-refractivity contribution in [3.05, 3.63) is 0 Å². The molecule has 2 atom stereocenters. The lowest BCUT2D eigenvalue weighted by Gasteiger charge is -2.24. The molecule has 1 rings (SSSR count). The van der Waals surface area contributed by atoms with Crippen LogP contribution >= 0.6 is 24.0 Å². The first-order valence-electron chi connectivity index (χ1n) is 8.36. The van der Waals surface area contributed by atoms with Crippen molar-refractivity contribution >= 4 is 29.9 Å². The highest BCUT2D eigenvalue weighted by atomic mass is 127. The maximum Gasteiger partial charge on any atom is 0.191 e. The average Bonchev–Trinajstić information content (AvgIpc) is 2.90. The summed E-state index contributed by atoms with van der Waals surface area (Å²) < 4.78 is 5.19. The van der Waals surface area contributed by atoms with Crippen molar-refractivity contribution in [2.75, 3.05) is 39.9 Å². The molecular formula is C16H35IN4O. The van der Waals surface area contributed by atoms with Gasteiger partial charge in [0.1, 0.15) is 0 Å². The van der Waals surface area contributed by atoms with Crippen LogP contribution in [0.3, 0.4) is 0 Å². The first kappa shape index (κ1) is 21.9. The lowest BCUT2D eigenvalue weighted by Crippen LogP contribution is -2.45. The van der Waals surface area contributed by atoms with Crippen LogP contribution in [0.1, 0.15) is 40.5 Å². The third-order valence-corrected chi connectivity index (χ3v) is 4.25. The number of hydrogen-bond donors (Lipinski definition) is 2. The van der Waals surface area contributed by atoms with E-state index >= 15 is 0 Å². The number of hydrogen-bond acceptors (Lipinski definition) is 3. The fourth-order valence-electron chi connectivity index (χ4n) is 2.50. The molecule has 1 aliphatic heterocycles. The van der Waals surface area contributed by atoms with Crippen LogP contribution in [0.15, 0.2) is 4.99 Å². The number of rotatable bonds is 8. The summed E-state index contributed by atoms with van der Waals surface area (Å²) in [6, 6.07) is 0.987. The highest BCUT2D eigenvalue weighted by Crippen LogP contribution is 2.16. The van der Waals surface area contributed by atoms with Crippen molar-refractivity contribution in [2.24, 2.45) is 10.9 Å². The number of nitrogens with zero attached hydrogens (tertiary/aromatic N) is 2. The second-order valence-electron chi connectivity index (χ2n) is 6.22. The Labute approximate surface area is 153 Å². The van der Waals surface area contributed by atoms with Gasteiger partial charge in [0.05, 0.1) is 13.2 Å². The number of aliphatic imine (C=N–C) groups is 1. The van der Waals surface area contributed by atoms with Crippen molar-refractivity contribution in [1.82, 2.24) is 15.5 Å². The van der Waals surface area contributed by atoms with Crippen molar-refractivity contribution < 1.29 is 4.74 Å². The predicted octanol–water partition coefficient (Wildman–Crippen LogP) is 2.31. The second-order valence-corrected chi connectivity index (χ2v) is 6.22. The van der Waals surface area contributed by atoms with Gasteiger partial charge in [0.25, 0.3) is 0 Å². The Morgan fingerprint density at radius 3 is 2.68 bits per heavy atom. The molecule has 6 heteroatoms. The zero-order valence-electron chi connectivity index (χ0n) is 14.9. The van der Waals surface area contributed by atoms with Gasteiger partial charge in [-0.15, -0.1) is 24.0 Å². The van der Waals surface area contributed by atoms with E-state index in [-0.39, 0.29) is 24.0 Å². The van der Waals surface area contributed by atoms with Crippen LogP contribution in [0, 0.1) is 5.92 Å². The van der Waals surface area contributed by atoms with Crippen molar-refractivity contribution in [3.63, 3.8) is 0 Å². The third kappa shape index (κ3) is 7.97. The molecule has 0 radical (unpaired) electrons. The zero-order valence-corrected chi connectivity index (χ0v) is 17.2. The Bertz CT molecular complexity index is 313. The van der Waals surface area contributed by atoms with Gasteiger partial charge in [-0.3, -0.25) is 9.89 Å². The Hall–Kier alpha value is -0.0800. The molecule has 1 aliphatic rings. The first-order valence-corrected chi connectivity index (χ1v) is 8.36. The normalized spacial score (nSPS) is 20.8. The van der Waals surface area contributed by atoms with Crippen LogP contribution in [-0.4, -0.2) is 62.8 Å². The van der Waals surface area contributed by atoms with Gasteiger partial charge in [-0.1, -0.05) is 13.8 Å². The number of nitrogens with one attached hydrogen (secondary N) is 2. The fourth-order valence-corrected chi connectivity index (χ4v) is 2.50. The molecule has 1 saturated heterocycles. The van der Waals surface area contributed by atoms with Gasteiger partial charge < -0.3 is 15.4 Å². The number of guanidine groups is 1. The minimum Gasteiger partial charge on any atom is -0.383 e. The van der Waals surface area contributed by atoms with E-state index in [9.17, 15) is 0 Å². The number of ether oxygens (including phenoxy) is 1. The molecule has 0 saturated carbocycles. The summed E-state index contributed by atoms with van der Waals surface area (Å²) in [4.78, 5) is 7.29. The largest absolute Gasteiger partial charge is 0.383 e. The number of likely N-dealkylation sites (tertiary alicyclic amines) is 1. The van der Waals surface area contributed by atoms with Crippen LogP contribution in [0.25, 0.3) is 0 Å². The molecule has 2 N–H and O–H groups in total. The molecule has 0 bridgehead atoms. The molecule has 5 nitrogen and oxygen atoms in total. The van der Waals surface area contributed by atoms with E-state index in [4.69, 9.17) is 9.73 Å². The monoisotopic (exact) mass is 426 g/mol. The van der Waals surface area contributed by atoms with E-state index in [1.807, 2.05) is 0 Å². The molecule has 1 fully saturated rings. The van der Waals surface area contributed by atoms with Gasteiger partial charge in [0.15, 0.2) is 5.96 Å². The zero-order chi connectivity index (χ0) is 15.7. The maximum atomic E-state index is 5.19. The Morgan fingerprint density at radius 2 is 2.09 bits per heavy atom. The molecular weight excluding hydrogens is 391 g/mol. The summed E-state index contributed by atoms with van der Waals surface area (Å²) in [6.45, 7) is 13.5. The summed E-state index contributed by atoms with van der Waals surface area (Å²) in [6.07, 6.45) is 2.52. The van der Waals surface area contributed by atoms with E-state index in [0.29, 0.717) is 18.0 Å². The van der Waals surface area contributed by atoms with Crippen LogP contribution in [0.5, 0.6) is 0 Å². The molecule has 22 heavy (non-hydrogen) atoms. The highest BCUT2D eigenvalue weighted by Gasteiger charge is 2.23. The molecule has 0 spiro atoms. The van der Waals surface area contributed by atoms with Gasteiger partial charge in [-0.2, -0.15) is 0 Å². The average molecular weight is 426 g/mol. The third-order valence-electron chi connectivity index (χ3n) is 4.25. The minimum absolute atomic E-state index is 0. The molecule has 0 amide bonds. The number of methoxy groups -OCH3 is 1. The van der Waals surface area contributed by atoms with Gasteiger partial charge in [-0.05, 0) is 39.2 Å². The standard InChI is InChI=1S/C16H34N4O.HI/c1-6-17-16(19-14(4)13(2)3)18-12-15-8-7-9-20(15)10-11-21-5;/h13-15H,6-12H2,1-5H3,(H2,17,18,19);1H. The van der Waals surface area contributed by atoms with E-state index < -0.39 is 0 Å². The molecule has 0 aromatic heterocycles. The Kier molecular flexibility index (Phi) is 12.3. The van der Waals surface area contributed by atoms with E-state index in [2.05, 4.69) is 43.2 Å². The molecule has 2 unspecified atom stereocenters. The van der Waals surface area contributed by atoms with Crippen molar-refractivity contribution in [1.29, 1.82) is 0 Å². The molecule has 132 valence electrons. The Morgan fingerprint density at radius 1 is 1.36 bits per heavy atom. The molecule has 0 aromatic carbocycles. The van der Waals surface area contributed by atoms with Crippen molar-refractivity contribution in [3.8, 4) is 0 Å². The van der Waals surface area contributed by atoms with Crippen LogP contribution in [0.4, 0.5) is 0 Å². The van der Waals surface area contributed by atoms with Crippen molar-refractivity contribution in [2.45, 2.75) is 52.6 Å². The summed E-state index contributed by atoms with van der Waals surface area (Å²) in [5.41, 5.74) is 0. The quantitative estimate of drug-likeness (QED) is 0.355. The van der Waals surface area contributed by atoms with Crippen LogP contribution in [0.2, 0.25) is 0 Å². The summed E-state index contributed by atoms with van der Waals surface area (Å²) in [5, 5.41) is 6.84. The summed E-state index contributed by atoms with van der Waals surface area (Å²) in [7, 11) is 1.77. The fraction of sp³-hybridized carbons (Fsp3) is 0.938. The van der Waals surface area contributed by atoms with Gasteiger partial charge >= 0.3 is 0 Å². The van der Waals surface area contributed by atoms with E-state index in [1.54, 1.807) is 7.11 Å². The van der Waals surface area contributed by atoms with Gasteiger partial charge in [-0.25, -0.2) is 0 Å². The molecule has 1 heterocycles. The topological polar surface area (TPSA) is 48.9 Å². The molecule has 0 aliphatic carbocycles. The minimum atomic E-state index is 0. The van der Waals surface area contributed by atoms with Gasteiger partial charge in [0, 0.05) is 32.3 Å². The SMILES string of the molecule is CCNC(=NCC1CCCN1CCOC)NC(C)C(C)C.I. The lowest BCUT2D eigenvalue weighted by atomic mass is 10.1. The second kappa shape index (κ2) is 12.4. The Balaban J connectivity index is 0.00000441. The maximum absolute atomic E-state index is 5.19. The highest BCUT2D eigenvalue weighted by molar-refractivity contribution is 14.0. The van der Waals surface area contributed by atoms with E-state index in [1.165, 1.54) is 19.4 Å². The van der Waals surface area contributed by atoms with E-state index in [0.717, 1.165) is 32.2 Å². The van der Waals surface area contributed by atoms with Crippen LogP contribution < -0.4 is 10.6 Å². The first-order chi connectivity index (χ1) is 10.1. The molecule has 0 aromatic rings. The summed E-state index contributed by atoms with van der Waals surface area (Å²) in [5.74, 6) is 1.54. The lowest BCUT2D eigenvalue weighted by molar-refractivity contribution is 0.142.